The normalized spacial score (nSPS) is 16.1. The number of rotatable bonds is 4. The topological polar surface area (TPSA) is 81.5 Å². The number of hydrogen-bond acceptors (Lipinski definition) is 5. The van der Waals surface area contributed by atoms with Crippen LogP contribution in [0.4, 0.5) is 13.2 Å². The van der Waals surface area contributed by atoms with Crippen molar-refractivity contribution in [3.05, 3.63) is 54.9 Å². The molecule has 4 aromatic heterocycles. The molecule has 5 rings (SSSR count). The van der Waals surface area contributed by atoms with E-state index in [0.29, 0.717) is 17.0 Å². The second-order valence-electron chi connectivity index (χ2n) is 6.90. The fourth-order valence-electron chi connectivity index (χ4n) is 3.56. The Hall–Kier alpha value is -3.27. The molecule has 7 nitrogen and oxygen atoms in total. The summed E-state index contributed by atoms with van der Waals surface area (Å²) in [6, 6.07) is 4.83. The molecule has 1 saturated heterocycles. The summed E-state index contributed by atoms with van der Waals surface area (Å²) in [5.41, 5.74) is 3.16. The molecule has 5 heterocycles. The fraction of sp³-hybridized carbons (Fsp3) is 0.263. The number of alkyl halides is 3. The number of imidazole rings is 1. The van der Waals surface area contributed by atoms with Crippen LogP contribution in [0.3, 0.4) is 0 Å². The van der Waals surface area contributed by atoms with E-state index in [-0.39, 0.29) is 18.8 Å². The van der Waals surface area contributed by atoms with Gasteiger partial charge in [-0.05, 0) is 17.7 Å². The van der Waals surface area contributed by atoms with Crippen LogP contribution in [0.5, 0.6) is 0 Å². The van der Waals surface area contributed by atoms with Crippen LogP contribution >= 0.6 is 0 Å². The molecule has 0 aromatic carbocycles. The Bertz CT molecular complexity index is 1150. The number of halogens is 3. The van der Waals surface area contributed by atoms with Crippen LogP contribution in [-0.2, 0) is 4.74 Å². The number of pyridine rings is 2. The Labute approximate surface area is 162 Å². The van der Waals surface area contributed by atoms with Gasteiger partial charge in [0.25, 0.3) is 0 Å². The van der Waals surface area contributed by atoms with Gasteiger partial charge in [-0.3, -0.25) is 0 Å². The van der Waals surface area contributed by atoms with Gasteiger partial charge in [0.2, 0.25) is 0 Å². The Morgan fingerprint density at radius 1 is 1.10 bits per heavy atom. The molecule has 1 aliphatic heterocycles. The number of aromatic nitrogens is 6. The summed E-state index contributed by atoms with van der Waals surface area (Å²) in [6.45, 7) is 0.226. The maximum absolute atomic E-state index is 13.5. The molecule has 29 heavy (non-hydrogen) atoms. The van der Waals surface area contributed by atoms with Gasteiger partial charge in [-0.2, -0.15) is 18.3 Å². The van der Waals surface area contributed by atoms with Gasteiger partial charge in [-0.25, -0.2) is 19.6 Å². The van der Waals surface area contributed by atoms with E-state index in [4.69, 9.17) is 4.74 Å². The van der Waals surface area contributed by atoms with Crippen LogP contribution < -0.4 is 0 Å². The lowest BCUT2D eigenvalue weighted by Crippen LogP contribution is -2.40. The fourth-order valence-corrected chi connectivity index (χ4v) is 3.56. The lowest BCUT2D eigenvalue weighted by atomic mass is 9.85. The third kappa shape index (κ3) is 3.15. The molecule has 0 radical (unpaired) electrons. The van der Waals surface area contributed by atoms with E-state index in [1.165, 1.54) is 16.9 Å². The zero-order valence-electron chi connectivity index (χ0n) is 15.0. The van der Waals surface area contributed by atoms with Crippen LogP contribution in [0, 0.1) is 5.92 Å². The van der Waals surface area contributed by atoms with E-state index in [2.05, 4.69) is 25.0 Å². The highest BCUT2D eigenvalue weighted by Crippen LogP contribution is 2.43. The summed E-state index contributed by atoms with van der Waals surface area (Å²) in [6.07, 6.45) is 3.58. The summed E-state index contributed by atoms with van der Waals surface area (Å²) in [7, 11) is 0. The predicted octanol–water partition coefficient (Wildman–Crippen LogP) is 3.50. The quantitative estimate of drug-likeness (QED) is 0.567. The largest absolute Gasteiger partial charge is 0.396 e. The van der Waals surface area contributed by atoms with E-state index in [1.54, 1.807) is 31.0 Å². The van der Waals surface area contributed by atoms with Crippen LogP contribution in [0.15, 0.2) is 49.3 Å². The van der Waals surface area contributed by atoms with Gasteiger partial charge in [0.1, 0.15) is 5.52 Å². The predicted molar refractivity (Wildman–Crippen MR) is 97.3 cm³/mol. The van der Waals surface area contributed by atoms with Crippen molar-refractivity contribution in [2.45, 2.75) is 12.1 Å². The molecule has 148 valence electrons. The van der Waals surface area contributed by atoms with E-state index in [0.717, 1.165) is 11.1 Å². The summed E-state index contributed by atoms with van der Waals surface area (Å²) >= 11 is 0. The van der Waals surface area contributed by atoms with E-state index in [1.807, 2.05) is 6.07 Å². The summed E-state index contributed by atoms with van der Waals surface area (Å²) in [4.78, 5) is 15.6. The third-order valence-corrected chi connectivity index (χ3v) is 5.07. The molecule has 1 atom stereocenters. The highest BCUT2D eigenvalue weighted by Gasteiger charge is 2.48. The highest BCUT2D eigenvalue weighted by atomic mass is 19.4. The van der Waals surface area contributed by atoms with Crippen molar-refractivity contribution < 1.29 is 17.9 Å². The molecule has 4 aromatic rings. The Kier molecular flexibility index (Phi) is 4.09. The molecule has 1 fully saturated rings. The number of ether oxygens (including phenoxy) is 1. The van der Waals surface area contributed by atoms with Gasteiger partial charge in [0.15, 0.2) is 11.5 Å². The number of nitrogens with zero attached hydrogens (tertiary/aromatic N) is 5. The average molecular weight is 400 g/mol. The first kappa shape index (κ1) is 17.8. The van der Waals surface area contributed by atoms with Crippen molar-refractivity contribution in [3.8, 4) is 16.9 Å². The van der Waals surface area contributed by atoms with Crippen molar-refractivity contribution in [1.82, 2.24) is 29.7 Å². The van der Waals surface area contributed by atoms with Crippen LogP contribution in [0.2, 0.25) is 0 Å². The van der Waals surface area contributed by atoms with Gasteiger partial charge >= 0.3 is 6.18 Å². The zero-order chi connectivity index (χ0) is 20.0. The molecule has 0 aliphatic carbocycles. The molecule has 10 heteroatoms. The number of aromatic amines is 1. The van der Waals surface area contributed by atoms with Crippen molar-refractivity contribution in [3.63, 3.8) is 0 Å². The summed E-state index contributed by atoms with van der Waals surface area (Å²) in [5.74, 6) is -1.71. The van der Waals surface area contributed by atoms with Crippen molar-refractivity contribution in [1.29, 1.82) is 0 Å². The van der Waals surface area contributed by atoms with Crippen LogP contribution in [-0.4, -0.2) is 49.1 Å². The minimum atomic E-state index is -4.34. The molecule has 0 spiro atoms. The number of hydrogen-bond donors (Lipinski definition) is 1. The number of fused-ring (bicyclic) bond motifs is 1. The molecule has 0 amide bonds. The minimum Gasteiger partial charge on any atom is -0.381 e. The summed E-state index contributed by atoms with van der Waals surface area (Å²) < 4.78 is 46.9. The first-order valence-corrected chi connectivity index (χ1v) is 8.94. The van der Waals surface area contributed by atoms with Crippen LogP contribution in [0.25, 0.3) is 28.1 Å². The smallest absolute Gasteiger partial charge is 0.381 e. The zero-order valence-corrected chi connectivity index (χ0v) is 15.0. The van der Waals surface area contributed by atoms with E-state index < -0.39 is 18.0 Å². The molecule has 1 N–H and O–H groups in total. The maximum atomic E-state index is 13.5. The second-order valence-corrected chi connectivity index (χ2v) is 6.90. The van der Waals surface area contributed by atoms with Gasteiger partial charge in [-0.15, -0.1) is 0 Å². The standard InChI is InChI=1S/C19H15F3N6O/c20-19(21,22)16(13-8-29-9-13)11-1-2-15(24-5-11)28-7-12(6-27-28)14-3-4-23-18-17(14)25-10-26-18/h1-7,10,13,16H,8-9H2,(H,23,25,26)/t16-/m0/s1. The lowest BCUT2D eigenvalue weighted by molar-refractivity contribution is -0.191. The Morgan fingerprint density at radius 2 is 1.97 bits per heavy atom. The van der Waals surface area contributed by atoms with Gasteiger partial charge in [0.05, 0.1) is 31.7 Å². The first-order valence-electron chi connectivity index (χ1n) is 8.94. The van der Waals surface area contributed by atoms with Gasteiger partial charge in [-0.1, -0.05) is 6.07 Å². The Morgan fingerprint density at radius 3 is 2.66 bits per heavy atom. The SMILES string of the molecule is FC(F)(F)[C@@H](c1ccc(-n2cc(-c3ccnc4[nH]cnc34)cn2)nc1)C1COC1. The first-order chi connectivity index (χ1) is 14.0. The van der Waals surface area contributed by atoms with Crippen molar-refractivity contribution in [2.24, 2.45) is 5.92 Å². The molecular formula is C19H15F3N6O. The monoisotopic (exact) mass is 400 g/mol. The molecular weight excluding hydrogens is 385 g/mol. The van der Waals surface area contributed by atoms with Gasteiger partial charge < -0.3 is 9.72 Å². The van der Waals surface area contributed by atoms with Gasteiger partial charge in [0, 0.05) is 35.6 Å². The molecule has 0 bridgehead atoms. The minimum absolute atomic E-state index is 0.113. The highest BCUT2D eigenvalue weighted by molar-refractivity contribution is 5.88. The summed E-state index contributed by atoms with van der Waals surface area (Å²) in [5, 5.41) is 4.29. The molecule has 0 saturated carbocycles. The number of H-pyrrole nitrogens is 1. The van der Waals surface area contributed by atoms with Crippen molar-refractivity contribution in [2.75, 3.05) is 13.2 Å². The van der Waals surface area contributed by atoms with Crippen molar-refractivity contribution >= 4 is 11.2 Å². The second kappa shape index (κ2) is 6.66. The molecule has 0 unspecified atom stereocenters. The molecule has 1 aliphatic rings. The average Bonchev–Trinajstić information content (AvgIpc) is 3.33. The Balaban J connectivity index is 1.45. The lowest BCUT2D eigenvalue weighted by Gasteiger charge is -2.35. The van der Waals surface area contributed by atoms with E-state index >= 15 is 0 Å². The number of nitrogens with one attached hydrogen (secondary N) is 1. The van der Waals surface area contributed by atoms with E-state index in [9.17, 15) is 13.2 Å². The third-order valence-electron chi connectivity index (χ3n) is 5.07. The maximum Gasteiger partial charge on any atom is 0.396 e. The van der Waals surface area contributed by atoms with Crippen LogP contribution in [0.1, 0.15) is 11.5 Å².